The first kappa shape index (κ1) is 38.0. The lowest BCUT2D eigenvalue weighted by Crippen LogP contribution is -2.61. The molecule has 49 heavy (non-hydrogen) atoms. The number of hydrogen-bond donors (Lipinski definition) is 3. The minimum atomic E-state index is -1.26. The zero-order chi connectivity index (χ0) is 35.6. The second-order valence-electron chi connectivity index (χ2n) is 13.2. The summed E-state index contributed by atoms with van der Waals surface area (Å²) < 4.78 is 22.6. The normalized spacial score (nSPS) is 18.3. The fourth-order valence-electron chi connectivity index (χ4n) is 7.15. The number of halogens is 1. The van der Waals surface area contributed by atoms with Crippen molar-refractivity contribution in [2.24, 2.45) is 5.92 Å². The summed E-state index contributed by atoms with van der Waals surface area (Å²) in [7, 11) is 1.66. The minimum absolute atomic E-state index is 0.0184. The molecule has 3 N–H and O–H groups in total. The Morgan fingerprint density at radius 1 is 1.04 bits per heavy atom. The number of nitrogens with one attached hydrogen (secondary N) is 3. The summed E-state index contributed by atoms with van der Waals surface area (Å²) >= 11 is 0. The molecule has 1 aliphatic carbocycles. The highest BCUT2D eigenvalue weighted by Gasteiger charge is 2.46. The molecule has 2 fully saturated rings. The zero-order valence-electron chi connectivity index (χ0n) is 29.7. The molecule has 2 aliphatic rings. The molecule has 4 rings (SSSR count). The van der Waals surface area contributed by atoms with Crippen molar-refractivity contribution in [3.8, 4) is 0 Å². The van der Waals surface area contributed by atoms with Crippen LogP contribution in [0, 0.1) is 11.7 Å². The van der Waals surface area contributed by atoms with Gasteiger partial charge in [-0.3, -0.25) is 28.8 Å². The van der Waals surface area contributed by atoms with Gasteiger partial charge in [0.1, 0.15) is 23.1 Å². The molecule has 1 saturated carbocycles. The topological polar surface area (TPSA) is 138 Å². The van der Waals surface area contributed by atoms with Crippen molar-refractivity contribution >= 4 is 29.3 Å². The summed E-state index contributed by atoms with van der Waals surface area (Å²) in [6.07, 6.45) is 6.59. The van der Waals surface area contributed by atoms with Gasteiger partial charge in [0.05, 0.1) is 12.3 Å². The summed E-state index contributed by atoms with van der Waals surface area (Å²) in [4.78, 5) is 58.0. The first-order valence-corrected chi connectivity index (χ1v) is 17.8. The zero-order valence-corrected chi connectivity index (χ0v) is 29.7. The molecule has 3 atom stereocenters. The molecular formula is C36H54FN7O5. The predicted octanol–water partition coefficient (Wildman–Crippen LogP) is 3.93. The number of anilines is 1. The molecule has 0 unspecified atom stereocenters. The average molecular weight is 684 g/mol. The predicted molar refractivity (Wildman–Crippen MR) is 186 cm³/mol. The van der Waals surface area contributed by atoms with Crippen LogP contribution in [-0.2, 0) is 25.7 Å². The Labute approximate surface area is 289 Å². The minimum Gasteiger partial charge on any atom is -0.383 e. The molecule has 4 amide bonds. The second kappa shape index (κ2) is 17.7. The number of carbonyl (C=O) groups excluding carboxylic acids is 4. The monoisotopic (exact) mass is 683 g/mol. The number of piperazine rings is 1. The third-order valence-electron chi connectivity index (χ3n) is 10.3. The van der Waals surface area contributed by atoms with Gasteiger partial charge in [-0.25, -0.2) is 4.39 Å². The Hall–Kier alpha value is -3.84. The Bertz CT molecular complexity index is 1440. The molecule has 13 heteroatoms. The van der Waals surface area contributed by atoms with Crippen LogP contribution in [0.5, 0.6) is 0 Å². The molecule has 0 radical (unpaired) electrons. The number of aromatic nitrogens is 2. The van der Waals surface area contributed by atoms with Crippen LogP contribution in [0.25, 0.3) is 0 Å². The number of nitrogens with zero attached hydrogens (tertiary/aromatic N) is 4. The molecule has 0 spiro atoms. The summed E-state index contributed by atoms with van der Waals surface area (Å²) in [6.45, 7) is 11.6. The quantitative estimate of drug-likeness (QED) is 0.259. The van der Waals surface area contributed by atoms with E-state index in [0.717, 1.165) is 38.6 Å². The summed E-state index contributed by atoms with van der Waals surface area (Å²) in [5.41, 5.74) is -0.399. The Balaban J connectivity index is 1.54. The summed E-state index contributed by atoms with van der Waals surface area (Å²) in [5.74, 6) is -2.67. The maximum Gasteiger partial charge on any atom is 0.270 e. The van der Waals surface area contributed by atoms with Gasteiger partial charge in [-0.2, -0.15) is 5.10 Å². The van der Waals surface area contributed by atoms with E-state index < -0.39 is 35.1 Å². The van der Waals surface area contributed by atoms with Crippen LogP contribution < -0.4 is 16.0 Å². The maximum absolute atomic E-state index is 15.9. The molecule has 2 heterocycles. The Morgan fingerprint density at radius 3 is 2.37 bits per heavy atom. The highest BCUT2D eigenvalue weighted by atomic mass is 19.1. The van der Waals surface area contributed by atoms with Crippen molar-refractivity contribution in [3.05, 3.63) is 47.5 Å². The lowest BCUT2D eigenvalue weighted by Gasteiger charge is -2.41. The van der Waals surface area contributed by atoms with Gasteiger partial charge in [-0.1, -0.05) is 46.1 Å². The van der Waals surface area contributed by atoms with E-state index in [1.54, 1.807) is 48.9 Å². The number of ether oxygens (including phenoxy) is 1. The van der Waals surface area contributed by atoms with Crippen molar-refractivity contribution in [3.63, 3.8) is 0 Å². The van der Waals surface area contributed by atoms with E-state index in [-0.39, 0.29) is 29.8 Å². The fourth-order valence-corrected chi connectivity index (χ4v) is 7.15. The SMILES string of the molecule is CCC(=O)N[C@@H](C(=O)N1CCN(CCOC)CC1)[C@@H](C)c1ccc(NC(=O)[C@](CC)(NC(=O)c2ccnn2CC)C2CCCCC2)c(F)c1. The van der Waals surface area contributed by atoms with Crippen molar-refractivity contribution in [2.75, 3.05) is 51.8 Å². The lowest BCUT2D eigenvalue weighted by molar-refractivity contribution is -0.138. The molecule has 12 nitrogen and oxygen atoms in total. The van der Waals surface area contributed by atoms with Gasteiger partial charge in [-0.15, -0.1) is 0 Å². The van der Waals surface area contributed by atoms with E-state index in [4.69, 9.17) is 4.74 Å². The number of aryl methyl sites for hydroxylation is 1. The van der Waals surface area contributed by atoms with Crippen LogP contribution in [0.2, 0.25) is 0 Å². The maximum atomic E-state index is 15.9. The molecule has 1 aliphatic heterocycles. The second-order valence-corrected chi connectivity index (χ2v) is 13.2. The smallest absolute Gasteiger partial charge is 0.270 e. The van der Waals surface area contributed by atoms with Gasteiger partial charge < -0.3 is 25.6 Å². The van der Waals surface area contributed by atoms with Gasteiger partial charge in [0.25, 0.3) is 5.91 Å². The van der Waals surface area contributed by atoms with Crippen LogP contribution in [0.15, 0.2) is 30.5 Å². The van der Waals surface area contributed by atoms with E-state index in [1.807, 2.05) is 13.8 Å². The van der Waals surface area contributed by atoms with Crippen molar-refractivity contribution < 1.29 is 28.3 Å². The number of rotatable bonds is 15. The van der Waals surface area contributed by atoms with E-state index >= 15 is 4.39 Å². The number of hydrogen-bond acceptors (Lipinski definition) is 7. The average Bonchev–Trinajstić information content (AvgIpc) is 3.62. The molecule has 1 saturated heterocycles. The molecule has 270 valence electrons. The fraction of sp³-hybridized carbons (Fsp3) is 0.639. The van der Waals surface area contributed by atoms with Gasteiger partial charge in [-0.05, 0) is 55.9 Å². The van der Waals surface area contributed by atoms with Crippen LogP contribution in [0.4, 0.5) is 10.1 Å². The van der Waals surface area contributed by atoms with Crippen LogP contribution in [0.3, 0.4) is 0 Å². The Kier molecular flexibility index (Phi) is 13.7. The highest BCUT2D eigenvalue weighted by Crippen LogP contribution is 2.37. The van der Waals surface area contributed by atoms with Gasteiger partial charge in [0.2, 0.25) is 17.7 Å². The lowest BCUT2D eigenvalue weighted by atomic mass is 9.72. The summed E-state index contributed by atoms with van der Waals surface area (Å²) in [5, 5.41) is 12.9. The third kappa shape index (κ3) is 9.04. The van der Waals surface area contributed by atoms with Gasteiger partial charge in [0, 0.05) is 64.9 Å². The van der Waals surface area contributed by atoms with Gasteiger partial charge >= 0.3 is 0 Å². The molecule has 1 aromatic carbocycles. The van der Waals surface area contributed by atoms with Crippen molar-refractivity contribution in [1.29, 1.82) is 0 Å². The first-order valence-electron chi connectivity index (χ1n) is 17.8. The van der Waals surface area contributed by atoms with E-state index in [1.165, 1.54) is 12.1 Å². The van der Waals surface area contributed by atoms with Crippen molar-refractivity contribution in [1.82, 2.24) is 30.2 Å². The molecule has 2 aromatic rings. The molecule has 1 aromatic heterocycles. The number of amides is 4. The van der Waals surface area contributed by atoms with E-state index in [9.17, 15) is 19.2 Å². The van der Waals surface area contributed by atoms with Crippen LogP contribution >= 0.6 is 0 Å². The number of methoxy groups -OCH3 is 1. The molecular weight excluding hydrogens is 629 g/mol. The summed E-state index contributed by atoms with van der Waals surface area (Å²) in [6, 6.07) is 5.22. The van der Waals surface area contributed by atoms with Gasteiger partial charge in [0.15, 0.2) is 0 Å². The van der Waals surface area contributed by atoms with Crippen LogP contribution in [0.1, 0.15) is 94.6 Å². The highest BCUT2D eigenvalue weighted by molar-refractivity contribution is 6.03. The Morgan fingerprint density at radius 2 is 1.76 bits per heavy atom. The number of benzene rings is 1. The largest absolute Gasteiger partial charge is 0.383 e. The molecule has 0 bridgehead atoms. The standard InChI is InChI=1S/C36H54FN7O5/c1-6-31(45)40-32(34(47)43-20-18-42(19-21-43)22-23-49-5)25(4)26-14-15-29(28(37)24-26)39-35(48)36(7-2,27-12-10-9-11-13-27)41-33(46)30-16-17-38-44(30)8-3/h14-17,24-25,27,32H,6-13,18-23H2,1-5H3,(H,39,48)(H,40,45)(H,41,46)/t25-,32+,36+/m0/s1. The first-order chi connectivity index (χ1) is 23.6. The third-order valence-corrected chi connectivity index (χ3v) is 10.3. The van der Waals surface area contributed by atoms with Crippen molar-refractivity contribution in [2.45, 2.75) is 96.7 Å². The number of carbonyl (C=O) groups is 4. The van der Waals surface area contributed by atoms with Crippen LogP contribution in [-0.4, -0.2) is 101 Å². The van der Waals surface area contributed by atoms with E-state index in [2.05, 4.69) is 25.9 Å². The van der Waals surface area contributed by atoms with E-state index in [0.29, 0.717) is 57.0 Å².